The minimum Gasteiger partial charge on any atom is -0.504 e. The Hall–Kier alpha value is -2.21. The number of hydrogen-bond donors (Lipinski definition) is 3. The van der Waals surface area contributed by atoms with Crippen LogP contribution >= 0.6 is 0 Å². The predicted molar refractivity (Wildman–Crippen MR) is 77.4 cm³/mol. The van der Waals surface area contributed by atoms with Crippen molar-refractivity contribution in [2.75, 3.05) is 0 Å². The first-order valence-electron chi connectivity index (χ1n) is 6.33. The van der Waals surface area contributed by atoms with E-state index in [1.807, 2.05) is 13.8 Å². The highest BCUT2D eigenvalue weighted by atomic mass is 32.2. The molecule has 0 aromatic heterocycles. The maximum Gasteiger partial charge on any atom is 0.206 e. The molecule has 2 aromatic carbocycles. The summed E-state index contributed by atoms with van der Waals surface area (Å²) in [4.78, 5) is -0.232. The fraction of sp³-hybridized carbons (Fsp3) is 0.200. The number of sulfone groups is 1. The van der Waals surface area contributed by atoms with Gasteiger partial charge in [-0.1, -0.05) is 26.0 Å². The van der Waals surface area contributed by atoms with E-state index in [2.05, 4.69) is 0 Å². The molecule has 0 amide bonds. The predicted octanol–water partition coefficient (Wildman–Crippen LogP) is 2.76. The quantitative estimate of drug-likeness (QED) is 0.758. The second-order valence-electron chi connectivity index (χ2n) is 5.04. The van der Waals surface area contributed by atoms with E-state index in [4.69, 9.17) is 0 Å². The van der Waals surface area contributed by atoms with E-state index in [1.165, 1.54) is 12.1 Å². The van der Waals surface area contributed by atoms with Crippen LogP contribution in [-0.4, -0.2) is 23.7 Å². The lowest BCUT2D eigenvalue weighted by atomic mass is 10.0. The topological polar surface area (TPSA) is 94.8 Å². The number of benzene rings is 2. The van der Waals surface area contributed by atoms with Gasteiger partial charge in [0, 0.05) is 12.1 Å². The molecular weight excluding hydrogens is 292 g/mol. The Balaban J connectivity index is 2.52. The number of rotatable bonds is 3. The number of phenolic OH excluding ortho intramolecular Hbond substituents is 3. The van der Waals surface area contributed by atoms with Crippen LogP contribution in [0.1, 0.15) is 25.3 Å². The average molecular weight is 308 g/mol. The number of phenols is 3. The van der Waals surface area contributed by atoms with E-state index in [-0.39, 0.29) is 15.7 Å². The molecule has 3 N–H and O–H groups in total. The molecule has 0 unspecified atom stereocenters. The zero-order valence-electron chi connectivity index (χ0n) is 11.6. The molecule has 21 heavy (non-hydrogen) atoms. The zero-order valence-corrected chi connectivity index (χ0v) is 12.4. The van der Waals surface area contributed by atoms with Crippen LogP contribution in [0.25, 0.3) is 0 Å². The van der Waals surface area contributed by atoms with Crippen LogP contribution in [0.3, 0.4) is 0 Å². The van der Waals surface area contributed by atoms with Crippen molar-refractivity contribution in [3.05, 3.63) is 42.0 Å². The lowest BCUT2D eigenvalue weighted by Crippen LogP contribution is -2.02. The van der Waals surface area contributed by atoms with Crippen LogP contribution in [0.15, 0.2) is 46.2 Å². The number of hydrogen-bond acceptors (Lipinski definition) is 5. The number of aromatic hydroxyl groups is 3. The molecule has 0 bridgehead atoms. The first-order valence-corrected chi connectivity index (χ1v) is 7.82. The highest BCUT2D eigenvalue weighted by Gasteiger charge is 2.21. The average Bonchev–Trinajstić information content (AvgIpc) is 2.44. The zero-order chi connectivity index (χ0) is 15.8. The maximum absolute atomic E-state index is 12.4. The highest BCUT2D eigenvalue weighted by molar-refractivity contribution is 7.91. The summed E-state index contributed by atoms with van der Waals surface area (Å²) in [6, 6.07) is 8.20. The van der Waals surface area contributed by atoms with Crippen LogP contribution in [-0.2, 0) is 9.84 Å². The minimum atomic E-state index is -3.87. The van der Waals surface area contributed by atoms with Gasteiger partial charge in [-0.3, -0.25) is 0 Å². The van der Waals surface area contributed by atoms with Crippen LogP contribution in [0.2, 0.25) is 0 Å². The first kappa shape index (κ1) is 15.2. The fourth-order valence-corrected chi connectivity index (χ4v) is 3.20. The third-order valence-corrected chi connectivity index (χ3v) is 4.96. The maximum atomic E-state index is 12.4. The van der Waals surface area contributed by atoms with Crippen molar-refractivity contribution >= 4 is 9.84 Å². The summed E-state index contributed by atoms with van der Waals surface area (Å²) in [6.45, 7) is 4.00. The lowest BCUT2D eigenvalue weighted by Gasteiger charge is -2.09. The largest absolute Gasteiger partial charge is 0.504 e. The Morgan fingerprint density at radius 2 is 1.33 bits per heavy atom. The molecule has 0 saturated carbocycles. The van der Waals surface area contributed by atoms with Crippen molar-refractivity contribution in [3.63, 3.8) is 0 Å². The molecule has 0 aliphatic carbocycles. The minimum absolute atomic E-state index is 0.0522. The van der Waals surface area contributed by atoms with Gasteiger partial charge >= 0.3 is 0 Å². The van der Waals surface area contributed by atoms with Gasteiger partial charge in [0.1, 0.15) is 0 Å². The summed E-state index contributed by atoms with van der Waals surface area (Å²) < 4.78 is 24.9. The second-order valence-corrected chi connectivity index (χ2v) is 6.99. The molecule has 0 saturated heterocycles. The smallest absolute Gasteiger partial charge is 0.206 e. The van der Waals surface area contributed by atoms with Crippen LogP contribution in [0.5, 0.6) is 17.2 Å². The normalized spacial score (nSPS) is 11.8. The van der Waals surface area contributed by atoms with E-state index in [1.54, 1.807) is 12.1 Å². The van der Waals surface area contributed by atoms with Crippen LogP contribution in [0, 0.1) is 0 Å². The van der Waals surface area contributed by atoms with Crippen molar-refractivity contribution in [1.29, 1.82) is 0 Å². The molecule has 6 heteroatoms. The Morgan fingerprint density at radius 3 is 1.76 bits per heavy atom. The highest BCUT2D eigenvalue weighted by Crippen LogP contribution is 2.38. The van der Waals surface area contributed by atoms with Crippen molar-refractivity contribution in [2.24, 2.45) is 0 Å². The standard InChI is InChI=1S/C15H16O5S/c1-9(2)10-3-5-11(6-4-10)21(19,20)12-7-13(16)15(18)14(17)8-12/h3-9,16-18H,1-2H3. The van der Waals surface area contributed by atoms with Crippen LogP contribution < -0.4 is 0 Å². The molecule has 112 valence electrons. The first-order chi connectivity index (χ1) is 9.73. The molecular formula is C15H16O5S. The van der Waals surface area contributed by atoms with Gasteiger partial charge in [-0.05, 0) is 23.6 Å². The van der Waals surface area contributed by atoms with E-state index in [0.717, 1.165) is 17.7 Å². The van der Waals surface area contributed by atoms with E-state index < -0.39 is 27.1 Å². The van der Waals surface area contributed by atoms with Gasteiger partial charge in [0.2, 0.25) is 9.84 Å². The van der Waals surface area contributed by atoms with Crippen molar-refractivity contribution < 1.29 is 23.7 Å². The molecule has 0 radical (unpaired) electrons. The third-order valence-electron chi connectivity index (χ3n) is 3.21. The van der Waals surface area contributed by atoms with Crippen molar-refractivity contribution in [3.8, 4) is 17.2 Å². The Bertz CT molecular complexity index is 738. The summed E-state index contributed by atoms with van der Waals surface area (Å²) in [5.41, 5.74) is 1.00. The summed E-state index contributed by atoms with van der Waals surface area (Å²) in [6.07, 6.45) is 0. The Morgan fingerprint density at radius 1 is 0.857 bits per heavy atom. The van der Waals surface area contributed by atoms with Gasteiger partial charge in [0.25, 0.3) is 0 Å². The molecule has 2 rings (SSSR count). The molecule has 2 aromatic rings. The van der Waals surface area contributed by atoms with Gasteiger partial charge < -0.3 is 15.3 Å². The molecule has 0 atom stereocenters. The van der Waals surface area contributed by atoms with Gasteiger partial charge in [-0.2, -0.15) is 0 Å². The third kappa shape index (κ3) is 2.80. The van der Waals surface area contributed by atoms with Gasteiger partial charge in [-0.25, -0.2) is 8.42 Å². The summed E-state index contributed by atoms with van der Waals surface area (Å²) in [7, 11) is -3.87. The molecule has 0 heterocycles. The van der Waals surface area contributed by atoms with Crippen molar-refractivity contribution in [2.45, 2.75) is 29.6 Å². The molecule has 0 aliphatic rings. The fourth-order valence-electron chi connectivity index (χ4n) is 1.90. The molecule has 5 nitrogen and oxygen atoms in total. The summed E-state index contributed by atoms with van der Waals surface area (Å²) in [5, 5.41) is 28.1. The summed E-state index contributed by atoms with van der Waals surface area (Å²) in [5.74, 6) is -1.84. The molecule has 0 spiro atoms. The van der Waals surface area contributed by atoms with Crippen molar-refractivity contribution in [1.82, 2.24) is 0 Å². The lowest BCUT2D eigenvalue weighted by molar-refractivity contribution is 0.366. The van der Waals surface area contributed by atoms with E-state index in [0.29, 0.717) is 0 Å². The van der Waals surface area contributed by atoms with Gasteiger partial charge in [0.05, 0.1) is 9.79 Å². The monoisotopic (exact) mass is 308 g/mol. The SMILES string of the molecule is CC(C)c1ccc(S(=O)(=O)c2cc(O)c(O)c(O)c2)cc1. The van der Waals surface area contributed by atoms with E-state index in [9.17, 15) is 23.7 Å². The van der Waals surface area contributed by atoms with E-state index >= 15 is 0 Å². The molecule has 0 fully saturated rings. The Kier molecular flexibility index (Phi) is 3.82. The van der Waals surface area contributed by atoms with Crippen LogP contribution in [0.4, 0.5) is 0 Å². The van der Waals surface area contributed by atoms with Gasteiger partial charge in [0.15, 0.2) is 17.2 Å². The van der Waals surface area contributed by atoms with Gasteiger partial charge in [-0.15, -0.1) is 0 Å². The second kappa shape index (κ2) is 5.29. The summed E-state index contributed by atoms with van der Waals surface area (Å²) >= 11 is 0. The Labute approximate surface area is 123 Å². The molecule has 0 aliphatic heterocycles.